The van der Waals surface area contributed by atoms with E-state index < -0.39 is 203 Å². The minimum atomic E-state index is -4.73. The summed E-state index contributed by atoms with van der Waals surface area (Å²) < 4.78 is 175. The fourth-order valence-corrected chi connectivity index (χ4v) is 26.8. The zero-order valence-corrected chi connectivity index (χ0v) is 76.7. The number of carboxylic acid groups (broad SMARTS) is 1. The number of aliphatic hydroxyl groups is 9. The average Bonchev–Trinajstić information content (AvgIpc) is 0.671. The molecule has 3 aromatic rings. The van der Waals surface area contributed by atoms with E-state index >= 15 is 0 Å². The Kier molecular flexibility index (Phi) is 28.1. The standard InChI is InChI=1S/C33H43ClF3NO11.C28H36ClF3O8.C27H34ClF3O8.Na/c1-4-18-6-7-19(33(45-15-31(35,36)37)32(48-49-33)20-8-17-9-21(32)13-29(34,11-17)12-20)10-24(18)46-30(28(43)44)14-23(41)25(38-16(3)39)27(47-30)26(42)22(40)5-2;1-3-15-5-6-16(9-20(15)38-24-23(35)22(34)21(33)19(4-2)37-24)28(36-13-26(30,31)32)27(39-40-28)17-7-14-8-18(27)12-25(29,10-14)11-17;1-3-15-4-5-16(8-19(15)37-23-22(34)21(33)20(32)13(2)36-23)27(35-12-25(29,30)31)26(38-39-27)17-6-14-7-18(26)11-24(28,9-14)10-17;/h6-7,10,17,20-23,25-27,40-42H,4-5,8-9,11-15H2,1-3H3,(H,38,39)(H,43,44);5-6,9,14,17-19,21-24,33-35H,3-4,7-8,10-13H2,1-2H3;4-5,8,13-14,17-18,20-23,32-34H,3,6-7,9-12H2,1-2H3;/q;;;+1/p-1. The van der Waals surface area contributed by atoms with Gasteiger partial charge >= 0.3 is 48.1 Å². The van der Waals surface area contributed by atoms with Crippen LogP contribution in [-0.2, 0) is 104 Å². The van der Waals surface area contributed by atoms with Gasteiger partial charge in [-0.25, -0.2) is 14.7 Å². The van der Waals surface area contributed by atoms with Crippen LogP contribution in [0.3, 0.4) is 0 Å². The van der Waals surface area contributed by atoms with Gasteiger partial charge in [0.2, 0.25) is 18.5 Å². The molecule has 21 rings (SSSR count). The predicted octanol–water partition coefficient (Wildman–Crippen LogP) is 6.91. The molecule has 41 heteroatoms. The van der Waals surface area contributed by atoms with Crippen molar-refractivity contribution >= 4 is 46.7 Å². The number of aryl methyl sites for hydroxylation is 3. The maximum Gasteiger partial charge on any atom is 1.00 e. The molecule has 6 aliphatic heterocycles. The Morgan fingerprint density at radius 3 is 1.16 bits per heavy atom. The molecular weight excluding hydrogens is 1800 g/mol. The number of hydrogen-bond donors (Lipinski definition) is 10. The molecule has 3 aromatic carbocycles. The van der Waals surface area contributed by atoms with Crippen molar-refractivity contribution in [3.8, 4) is 17.2 Å². The number of ether oxygens (including phenoxy) is 9. The van der Waals surface area contributed by atoms with Crippen LogP contribution >= 0.6 is 34.8 Å². The van der Waals surface area contributed by atoms with Crippen LogP contribution in [0.1, 0.15) is 197 Å². The number of aliphatic hydroxyl groups excluding tert-OH is 9. The van der Waals surface area contributed by atoms with Crippen molar-refractivity contribution in [2.24, 2.45) is 53.3 Å². The number of hydrogen-bond acceptors (Lipinski definition) is 27. The monoisotopic (exact) mass is 1910 g/mol. The number of carboxylic acids is 1. The molecule has 18 fully saturated rings. The molecule has 25 unspecified atom stereocenters. The zero-order valence-electron chi connectivity index (χ0n) is 72.4. The van der Waals surface area contributed by atoms with Gasteiger partial charge in [-0.2, -0.15) is 54.2 Å². The second-order valence-corrected chi connectivity index (χ2v) is 40.9. The third-order valence-electron chi connectivity index (χ3n) is 30.3. The molecule has 10 N–H and O–H groups in total. The van der Waals surface area contributed by atoms with E-state index in [9.17, 15) is 100 Å². The van der Waals surface area contributed by atoms with Crippen LogP contribution in [0.5, 0.6) is 17.2 Å². The average molecular weight is 1920 g/mol. The molecule has 25 atom stereocenters. The van der Waals surface area contributed by atoms with Crippen LogP contribution in [0.2, 0.25) is 0 Å². The zero-order chi connectivity index (χ0) is 92.4. The molecule has 1 amide bonds. The quantitative estimate of drug-likeness (QED) is 0.0188. The first-order valence-corrected chi connectivity index (χ1v) is 45.5. The molecular formula is C88H112Cl3F9NNaO27. The van der Waals surface area contributed by atoms with E-state index in [0.29, 0.717) is 110 Å². The van der Waals surface area contributed by atoms with Crippen molar-refractivity contribution in [2.45, 2.75) is 348 Å². The number of benzene rings is 3. The second kappa shape index (κ2) is 36.3. The minimum Gasteiger partial charge on any atom is -0.543 e. The summed E-state index contributed by atoms with van der Waals surface area (Å²) in [5.74, 6) is -11.0. The van der Waals surface area contributed by atoms with E-state index in [1.165, 1.54) is 25.1 Å². The van der Waals surface area contributed by atoms with Crippen LogP contribution in [0.25, 0.3) is 0 Å². The van der Waals surface area contributed by atoms with Gasteiger partial charge in [0.15, 0.2) is 16.8 Å². The van der Waals surface area contributed by atoms with Gasteiger partial charge in [-0.05, 0) is 223 Å². The Morgan fingerprint density at radius 2 is 0.845 bits per heavy atom. The summed E-state index contributed by atoms with van der Waals surface area (Å²) >= 11 is 20.9. The fourth-order valence-electron chi connectivity index (χ4n) is 25.0. The Hall–Kier alpha value is -3.60. The van der Waals surface area contributed by atoms with E-state index in [4.69, 9.17) is 107 Å². The Morgan fingerprint density at radius 1 is 0.496 bits per heavy atom. The topological polar surface area (TPSA) is 390 Å². The Balaban J connectivity index is 0.000000149. The van der Waals surface area contributed by atoms with Gasteiger partial charge in [0.25, 0.3) is 23.1 Å². The van der Waals surface area contributed by atoms with Gasteiger partial charge in [-0.15, -0.1) is 34.8 Å². The first kappa shape index (κ1) is 99.9. The first-order chi connectivity index (χ1) is 60.1. The summed E-state index contributed by atoms with van der Waals surface area (Å²) in [7, 11) is 0. The summed E-state index contributed by atoms with van der Waals surface area (Å²) in [5.41, 5.74) is -1.16. The van der Waals surface area contributed by atoms with E-state index in [-0.39, 0.29) is 107 Å². The van der Waals surface area contributed by atoms with Crippen molar-refractivity contribution in [3.05, 3.63) is 88.0 Å². The van der Waals surface area contributed by atoms with Crippen molar-refractivity contribution < 1.29 is 202 Å². The molecule has 6 saturated heterocycles. The van der Waals surface area contributed by atoms with E-state index in [0.717, 1.165) is 51.9 Å². The Bertz CT molecular complexity index is 4500. The summed E-state index contributed by atoms with van der Waals surface area (Å²) in [6.07, 6.45) is -22.3. The smallest absolute Gasteiger partial charge is 0.543 e. The molecule has 6 heterocycles. The maximum absolute atomic E-state index is 13.8. The molecule has 28 nitrogen and oxygen atoms in total. The first-order valence-electron chi connectivity index (χ1n) is 44.4. The summed E-state index contributed by atoms with van der Waals surface area (Å²) in [4.78, 5) is 58.0. The van der Waals surface area contributed by atoms with E-state index in [1.54, 1.807) is 57.2 Å². The van der Waals surface area contributed by atoms with Crippen LogP contribution in [-0.4, -0.2) is 225 Å². The number of carbonyl (C=O) groups is 2. The fraction of sp³-hybridized carbons (Fsp3) is 0.773. The minimum absolute atomic E-state index is 0. The number of nitrogens with one attached hydrogen (secondary N) is 1. The molecule has 0 radical (unpaired) electrons. The number of amides is 1. The Labute approximate surface area is 775 Å². The number of aliphatic carboxylic acids is 1. The normalized spacial score (nSPS) is 44.0. The third kappa shape index (κ3) is 17.5. The van der Waals surface area contributed by atoms with Crippen molar-refractivity contribution in [3.63, 3.8) is 0 Å². The molecule has 18 aliphatic rings. The number of carbonyl (C=O) groups excluding carboxylic acids is 2. The van der Waals surface area contributed by atoms with Gasteiger partial charge < -0.3 is 104 Å². The van der Waals surface area contributed by atoms with Gasteiger partial charge in [0, 0.05) is 44.7 Å². The molecule has 716 valence electrons. The van der Waals surface area contributed by atoms with Gasteiger partial charge in [-0.1, -0.05) is 71.0 Å². The van der Waals surface area contributed by atoms with Crippen molar-refractivity contribution in [1.29, 1.82) is 0 Å². The molecule has 12 saturated carbocycles. The number of alkyl halides is 12. The van der Waals surface area contributed by atoms with Crippen molar-refractivity contribution in [1.82, 2.24) is 5.32 Å². The largest absolute Gasteiger partial charge is 1.00 e. The second-order valence-electron chi connectivity index (χ2n) is 38.5. The van der Waals surface area contributed by atoms with E-state index in [1.807, 2.05) is 13.8 Å². The van der Waals surface area contributed by atoms with Crippen LogP contribution in [0, 0.1) is 53.3 Å². The molecule has 129 heavy (non-hydrogen) atoms. The summed E-state index contributed by atoms with van der Waals surface area (Å²) in [5, 5.41) is 110. The number of halogens is 12. The maximum atomic E-state index is 13.8. The van der Waals surface area contributed by atoms with Gasteiger partial charge in [0.1, 0.15) is 91.9 Å². The SMILES string of the molecule is CCc1ccc(C2(OCC(F)(F)F)OOC23C2CC4CC3CC(Cl)(C4)C2)cc1OC1(C(=O)[O-])CC(O)C(NC(C)=O)C(C(O)C(O)CC)O1.CCc1ccc(C2(OCC(F)(F)F)OOC23C2CC4CC3CC(Cl)(C4)C2)cc1OC1OC(C)C(O)C(O)C1O.CCc1ccc(C2(OCC(F)(F)F)OOC23C2CC4CC3CC(Cl)(C4)C2)cc1OC1OC(CC)C(O)C(O)C1O.[Na+]. The van der Waals surface area contributed by atoms with Crippen molar-refractivity contribution in [2.75, 3.05) is 19.8 Å². The van der Waals surface area contributed by atoms with Crippen LogP contribution < -0.4 is 54.2 Å². The van der Waals surface area contributed by atoms with E-state index in [2.05, 4.69) is 5.32 Å². The third-order valence-corrected chi connectivity index (χ3v) is 31.7. The number of rotatable bonds is 24. The summed E-state index contributed by atoms with van der Waals surface area (Å²) in [6, 6.07) is 12.9. The van der Waals surface area contributed by atoms with Gasteiger partial charge in [0.05, 0.1) is 30.5 Å². The van der Waals surface area contributed by atoms with Crippen LogP contribution in [0.15, 0.2) is 54.6 Å². The van der Waals surface area contributed by atoms with Gasteiger partial charge in [-0.3, -0.25) is 4.79 Å². The van der Waals surface area contributed by atoms with Crippen LogP contribution in [0.4, 0.5) is 39.5 Å². The molecule has 12 aliphatic carbocycles. The molecule has 0 aromatic heterocycles. The predicted molar refractivity (Wildman–Crippen MR) is 424 cm³/mol. The summed E-state index contributed by atoms with van der Waals surface area (Å²) in [6.45, 7) is 6.75. The molecule has 12 bridgehead atoms. The molecule has 3 spiro atoms.